The van der Waals surface area contributed by atoms with Gasteiger partial charge in [-0.15, -0.1) is 0 Å². The molecule has 0 amide bonds. The Hall–Kier alpha value is -0.610. The average molecular weight is 277 g/mol. The summed E-state index contributed by atoms with van der Waals surface area (Å²) in [6, 6.07) is 6.12. The molecule has 0 spiro atoms. The molecule has 1 saturated carbocycles. The number of benzene rings is 1. The SMILES string of the molecule is O=S(=O)(Cl)c1ccc(CC2(F)CCCC2)cc1. The third-order valence-corrected chi connectivity index (χ3v) is 4.60. The second kappa shape index (κ2) is 4.58. The molecule has 0 saturated heterocycles. The van der Waals surface area contributed by atoms with Crippen molar-refractivity contribution in [2.75, 3.05) is 0 Å². The van der Waals surface area contributed by atoms with Gasteiger partial charge in [-0.2, -0.15) is 0 Å². The maximum Gasteiger partial charge on any atom is 0.261 e. The van der Waals surface area contributed by atoms with Gasteiger partial charge in [-0.3, -0.25) is 0 Å². The second-order valence-corrected chi connectivity index (χ2v) is 7.18. The van der Waals surface area contributed by atoms with Crippen LogP contribution in [0.15, 0.2) is 29.2 Å². The van der Waals surface area contributed by atoms with E-state index in [0.717, 1.165) is 18.4 Å². The molecule has 0 heterocycles. The summed E-state index contributed by atoms with van der Waals surface area (Å²) in [5.74, 6) is 0. The molecule has 0 atom stereocenters. The van der Waals surface area contributed by atoms with E-state index in [1.807, 2.05) is 0 Å². The van der Waals surface area contributed by atoms with Crippen molar-refractivity contribution in [2.24, 2.45) is 0 Å². The topological polar surface area (TPSA) is 34.1 Å². The van der Waals surface area contributed by atoms with E-state index in [1.165, 1.54) is 12.1 Å². The van der Waals surface area contributed by atoms with E-state index >= 15 is 0 Å². The number of hydrogen-bond donors (Lipinski definition) is 0. The van der Waals surface area contributed by atoms with E-state index in [1.54, 1.807) is 12.1 Å². The zero-order valence-corrected chi connectivity index (χ0v) is 10.9. The smallest absolute Gasteiger partial charge is 0.244 e. The molecule has 0 aliphatic heterocycles. The molecule has 1 aliphatic rings. The molecule has 0 bridgehead atoms. The zero-order chi connectivity index (χ0) is 12.5. The summed E-state index contributed by atoms with van der Waals surface area (Å²) in [6.45, 7) is 0. The van der Waals surface area contributed by atoms with Gasteiger partial charge in [-0.25, -0.2) is 12.8 Å². The molecule has 0 unspecified atom stereocenters. The molecule has 2 rings (SSSR count). The van der Waals surface area contributed by atoms with Crippen LogP contribution in [0.3, 0.4) is 0 Å². The minimum Gasteiger partial charge on any atom is -0.244 e. The van der Waals surface area contributed by atoms with Gasteiger partial charge in [-0.1, -0.05) is 25.0 Å². The number of rotatable bonds is 3. The van der Waals surface area contributed by atoms with Crippen LogP contribution in [-0.2, 0) is 15.5 Å². The van der Waals surface area contributed by atoms with Crippen molar-refractivity contribution in [1.82, 2.24) is 0 Å². The first-order chi connectivity index (χ1) is 7.89. The highest BCUT2D eigenvalue weighted by Gasteiger charge is 2.33. The molecule has 2 nitrogen and oxygen atoms in total. The second-order valence-electron chi connectivity index (χ2n) is 4.62. The molecule has 94 valence electrons. The highest BCUT2D eigenvalue weighted by atomic mass is 35.7. The Morgan fingerprint density at radius 1 is 1.18 bits per heavy atom. The molecule has 1 aromatic carbocycles. The normalized spacial score (nSPS) is 19.4. The van der Waals surface area contributed by atoms with Crippen LogP contribution in [0.2, 0.25) is 0 Å². The van der Waals surface area contributed by atoms with Crippen molar-refractivity contribution in [3.05, 3.63) is 29.8 Å². The Morgan fingerprint density at radius 2 is 1.71 bits per heavy atom. The van der Waals surface area contributed by atoms with Gasteiger partial charge in [0.25, 0.3) is 9.05 Å². The quantitative estimate of drug-likeness (QED) is 0.793. The monoisotopic (exact) mass is 276 g/mol. The van der Waals surface area contributed by atoms with Crippen molar-refractivity contribution in [2.45, 2.75) is 42.7 Å². The lowest BCUT2D eigenvalue weighted by Crippen LogP contribution is -2.20. The molecule has 0 N–H and O–H groups in total. The van der Waals surface area contributed by atoms with Crippen LogP contribution in [-0.4, -0.2) is 14.1 Å². The van der Waals surface area contributed by atoms with Gasteiger partial charge in [-0.05, 0) is 30.5 Å². The summed E-state index contributed by atoms with van der Waals surface area (Å²) >= 11 is 0. The van der Waals surface area contributed by atoms with Crippen LogP contribution in [0, 0.1) is 0 Å². The lowest BCUT2D eigenvalue weighted by molar-refractivity contribution is 0.173. The molecular weight excluding hydrogens is 263 g/mol. The standard InChI is InChI=1S/C12H14ClFO2S/c13-17(15,16)11-5-3-10(4-6-11)9-12(14)7-1-2-8-12/h3-6H,1-2,7-9H2. The predicted octanol–water partition coefficient (Wildman–Crippen LogP) is 3.44. The van der Waals surface area contributed by atoms with Crippen molar-refractivity contribution in [3.63, 3.8) is 0 Å². The van der Waals surface area contributed by atoms with Gasteiger partial charge in [0.1, 0.15) is 5.67 Å². The van der Waals surface area contributed by atoms with E-state index in [2.05, 4.69) is 0 Å². The molecular formula is C12H14ClFO2S. The molecule has 5 heteroatoms. The molecule has 0 radical (unpaired) electrons. The minimum absolute atomic E-state index is 0.0576. The third-order valence-electron chi connectivity index (χ3n) is 3.23. The molecule has 0 aromatic heterocycles. The van der Waals surface area contributed by atoms with Gasteiger partial charge < -0.3 is 0 Å². The Bertz CT molecular complexity index is 490. The summed E-state index contributed by atoms with van der Waals surface area (Å²) in [7, 11) is 1.52. The first kappa shape index (κ1) is 12.8. The fourth-order valence-electron chi connectivity index (χ4n) is 2.32. The van der Waals surface area contributed by atoms with Crippen LogP contribution in [0.1, 0.15) is 31.2 Å². The largest absolute Gasteiger partial charge is 0.261 e. The Morgan fingerprint density at radius 3 is 2.18 bits per heavy atom. The lowest BCUT2D eigenvalue weighted by Gasteiger charge is -2.18. The summed E-state index contributed by atoms with van der Waals surface area (Å²) in [6.07, 6.45) is 3.43. The summed E-state index contributed by atoms with van der Waals surface area (Å²) in [4.78, 5) is 0.0576. The summed E-state index contributed by atoms with van der Waals surface area (Å²) in [5, 5.41) is 0. The first-order valence-corrected chi connectivity index (χ1v) is 7.93. The van der Waals surface area contributed by atoms with Crippen LogP contribution in [0.4, 0.5) is 4.39 Å². The molecule has 1 fully saturated rings. The Labute approximate surface area is 105 Å². The van der Waals surface area contributed by atoms with Crippen LogP contribution in [0.5, 0.6) is 0 Å². The summed E-state index contributed by atoms with van der Waals surface area (Å²) in [5.41, 5.74) is -0.292. The zero-order valence-electron chi connectivity index (χ0n) is 9.33. The van der Waals surface area contributed by atoms with Crippen LogP contribution >= 0.6 is 10.7 Å². The van der Waals surface area contributed by atoms with E-state index in [0.29, 0.717) is 19.3 Å². The van der Waals surface area contributed by atoms with Crippen LogP contribution < -0.4 is 0 Å². The van der Waals surface area contributed by atoms with E-state index in [4.69, 9.17) is 10.7 Å². The first-order valence-electron chi connectivity index (χ1n) is 5.62. The fraction of sp³-hybridized carbons (Fsp3) is 0.500. The maximum atomic E-state index is 14.2. The third kappa shape index (κ3) is 3.19. The van der Waals surface area contributed by atoms with Crippen molar-refractivity contribution >= 4 is 19.7 Å². The van der Waals surface area contributed by atoms with Gasteiger partial charge in [0.05, 0.1) is 4.90 Å². The van der Waals surface area contributed by atoms with Gasteiger partial charge in [0, 0.05) is 17.1 Å². The highest BCUT2D eigenvalue weighted by molar-refractivity contribution is 8.13. The molecule has 17 heavy (non-hydrogen) atoms. The van der Waals surface area contributed by atoms with Gasteiger partial charge in [0.15, 0.2) is 0 Å². The number of halogens is 2. The predicted molar refractivity (Wildman–Crippen MR) is 65.5 cm³/mol. The Kier molecular flexibility index (Phi) is 3.46. The van der Waals surface area contributed by atoms with Crippen molar-refractivity contribution in [1.29, 1.82) is 0 Å². The van der Waals surface area contributed by atoms with Gasteiger partial charge in [0.2, 0.25) is 0 Å². The summed E-state index contributed by atoms with van der Waals surface area (Å²) < 4.78 is 36.3. The van der Waals surface area contributed by atoms with Crippen LogP contribution in [0.25, 0.3) is 0 Å². The molecule has 1 aliphatic carbocycles. The van der Waals surface area contributed by atoms with Gasteiger partial charge >= 0.3 is 0 Å². The van der Waals surface area contributed by atoms with Crippen molar-refractivity contribution in [3.8, 4) is 0 Å². The average Bonchev–Trinajstić information content (AvgIpc) is 2.64. The lowest BCUT2D eigenvalue weighted by atomic mass is 9.95. The Balaban J connectivity index is 2.13. The van der Waals surface area contributed by atoms with Crippen molar-refractivity contribution < 1.29 is 12.8 Å². The van der Waals surface area contributed by atoms with E-state index in [-0.39, 0.29) is 4.90 Å². The molecule has 1 aromatic rings. The van der Waals surface area contributed by atoms with E-state index in [9.17, 15) is 12.8 Å². The van der Waals surface area contributed by atoms with E-state index < -0.39 is 14.7 Å². The highest BCUT2D eigenvalue weighted by Crippen LogP contribution is 2.36. The fourth-order valence-corrected chi connectivity index (χ4v) is 3.09. The maximum absolute atomic E-state index is 14.2. The number of alkyl halides is 1. The number of hydrogen-bond acceptors (Lipinski definition) is 2. The minimum atomic E-state index is -3.68.